The molecule has 0 radical (unpaired) electrons. The number of rotatable bonds is 8. The average Bonchev–Trinajstić information content (AvgIpc) is 3.62. The number of carbonyl (C=O) groups is 1. The fourth-order valence-electron chi connectivity index (χ4n) is 3.63. The third-order valence-electron chi connectivity index (χ3n) is 5.36. The van der Waals surface area contributed by atoms with Crippen LogP contribution in [0.4, 0.5) is 0 Å². The lowest BCUT2D eigenvalue weighted by molar-refractivity contribution is -0.121. The molecule has 0 spiro atoms. The van der Waals surface area contributed by atoms with Gasteiger partial charge in [0, 0.05) is 18.3 Å². The molecule has 10 nitrogen and oxygen atoms in total. The van der Waals surface area contributed by atoms with E-state index in [0.717, 1.165) is 11.1 Å². The van der Waals surface area contributed by atoms with Crippen LogP contribution in [0.15, 0.2) is 59.3 Å². The Balaban J connectivity index is 1.25. The maximum absolute atomic E-state index is 12.6. The normalized spacial score (nSPS) is 11.9. The second-order valence-corrected chi connectivity index (χ2v) is 7.48. The largest absolute Gasteiger partial charge is 0.493 e. The molecule has 1 aliphatic heterocycles. The smallest absolute Gasteiger partial charge is 0.274 e. The molecule has 0 fully saturated rings. The predicted octanol–water partition coefficient (Wildman–Crippen LogP) is 3.27. The molecule has 5 rings (SSSR count). The summed E-state index contributed by atoms with van der Waals surface area (Å²) in [7, 11) is 3.15. The van der Waals surface area contributed by atoms with Crippen LogP contribution in [0.5, 0.6) is 23.0 Å². The van der Waals surface area contributed by atoms with E-state index in [1.54, 1.807) is 43.2 Å². The number of methoxy groups -OCH3 is 2. The van der Waals surface area contributed by atoms with Gasteiger partial charge in [-0.3, -0.25) is 4.79 Å². The Morgan fingerprint density at radius 2 is 1.91 bits per heavy atom. The van der Waals surface area contributed by atoms with Crippen molar-refractivity contribution in [2.24, 2.45) is 0 Å². The number of fused-ring (bicyclic) bond motifs is 1. The van der Waals surface area contributed by atoms with Gasteiger partial charge in [-0.15, -0.1) is 0 Å². The molecule has 0 saturated carbocycles. The first-order chi connectivity index (χ1) is 16.6. The molecule has 1 amide bonds. The third kappa shape index (κ3) is 4.25. The molecule has 34 heavy (non-hydrogen) atoms. The second kappa shape index (κ2) is 9.18. The van der Waals surface area contributed by atoms with E-state index in [1.165, 1.54) is 0 Å². The molecular weight excluding hydrogens is 440 g/mol. The maximum atomic E-state index is 12.6. The molecule has 2 aromatic heterocycles. The Morgan fingerprint density at radius 3 is 2.76 bits per heavy atom. The quantitative estimate of drug-likeness (QED) is 0.425. The molecule has 2 aromatic carbocycles. The minimum atomic E-state index is -0.164. The number of aromatic nitrogens is 3. The van der Waals surface area contributed by atoms with E-state index in [2.05, 4.69) is 15.5 Å². The van der Waals surface area contributed by atoms with E-state index in [4.69, 9.17) is 23.5 Å². The topological polar surface area (TPSA) is 110 Å². The molecule has 10 heteroatoms. The lowest BCUT2D eigenvalue weighted by Crippen LogP contribution is -2.27. The fraction of sp³-hybridized carbons (Fsp3) is 0.208. The molecular formula is C24H22N4O6. The van der Waals surface area contributed by atoms with E-state index >= 15 is 0 Å². The Labute approximate surface area is 195 Å². The van der Waals surface area contributed by atoms with Gasteiger partial charge in [0.05, 0.1) is 14.2 Å². The summed E-state index contributed by atoms with van der Waals surface area (Å²) >= 11 is 0. The first kappa shape index (κ1) is 21.4. The zero-order valence-corrected chi connectivity index (χ0v) is 18.6. The summed E-state index contributed by atoms with van der Waals surface area (Å²) in [4.78, 5) is 17.1. The van der Waals surface area contributed by atoms with Crippen molar-refractivity contribution in [2.45, 2.75) is 13.1 Å². The summed E-state index contributed by atoms with van der Waals surface area (Å²) in [5, 5.41) is 6.99. The van der Waals surface area contributed by atoms with E-state index in [9.17, 15) is 4.79 Å². The number of amides is 1. The Bertz CT molecular complexity index is 1330. The van der Waals surface area contributed by atoms with Crippen LogP contribution in [0, 0.1) is 0 Å². The number of hydrogen-bond acceptors (Lipinski definition) is 8. The Morgan fingerprint density at radius 1 is 1.06 bits per heavy atom. The summed E-state index contributed by atoms with van der Waals surface area (Å²) in [5.41, 5.74) is 2.27. The second-order valence-electron chi connectivity index (χ2n) is 7.48. The van der Waals surface area contributed by atoms with Crippen molar-refractivity contribution < 1.29 is 28.3 Å². The first-order valence-electron chi connectivity index (χ1n) is 10.5. The molecule has 0 aliphatic carbocycles. The molecule has 0 atom stereocenters. The number of ether oxygens (including phenoxy) is 4. The lowest BCUT2D eigenvalue weighted by atomic mass is 10.2. The monoisotopic (exact) mass is 462 g/mol. The SMILES string of the molecule is COc1ccc(CNC(=O)Cn2cccc2-c2nc(-c3ccc4c(c3)OCO4)no2)cc1OC. The van der Waals surface area contributed by atoms with Gasteiger partial charge in [0.2, 0.25) is 18.5 Å². The number of nitrogens with zero attached hydrogens (tertiary/aromatic N) is 3. The standard InChI is InChI=1S/C24H22N4O6/c1-30-18-7-5-15(10-20(18)31-2)12-25-22(29)13-28-9-3-4-17(28)24-26-23(27-34-24)16-6-8-19-21(11-16)33-14-32-19/h3-11H,12-14H2,1-2H3,(H,25,29). The van der Waals surface area contributed by atoms with Crippen molar-refractivity contribution in [3.63, 3.8) is 0 Å². The highest BCUT2D eigenvalue weighted by atomic mass is 16.7. The fourth-order valence-corrected chi connectivity index (χ4v) is 3.63. The highest BCUT2D eigenvalue weighted by Crippen LogP contribution is 2.35. The van der Waals surface area contributed by atoms with Crippen molar-refractivity contribution >= 4 is 5.91 Å². The van der Waals surface area contributed by atoms with Gasteiger partial charge in [0.1, 0.15) is 12.2 Å². The van der Waals surface area contributed by atoms with Crippen LogP contribution in [0.25, 0.3) is 23.0 Å². The van der Waals surface area contributed by atoms with Crippen molar-refractivity contribution in [2.75, 3.05) is 21.0 Å². The molecule has 0 bridgehead atoms. The molecule has 1 N–H and O–H groups in total. The highest BCUT2D eigenvalue weighted by Gasteiger charge is 2.19. The molecule has 4 aromatic rings. The van der Waals surface area contributed by atoms with E-state index in [0.29, 0.717) is 47.0 Å². The van der Waals surface area contributed by atoms with Crippen molar-refractivity contribution in [3.05, 3.63) is 60.3 Å². The molecule has 0 unspecified atom stereocenters. The Kier molecular flexibility index (Phi) is 5.77. The summed E-state index contributed by atoms with van der Waals surface area (Å²) in [6.45, 7) is 0.639. The van der Waals surface area contributed by atoms with Crippen LogP contribution in [-0.2, 0) is 17.9 Å². The van der Waals surface area contributed by atoms with Gasteiger partial charge in [0.15, 0.2) is 23.0 Å². The number of nitrogens with one attached hydrogen (secondary N) is 1. The van der Waals surface area contributed by atoms with Crippen LogP contribution >= 0.6 is 0 Å². The minimum absolute atomic E-state index is 0.0946. The van der Waals surface area contributed by atoms with Crippen molar-refractivity contribution in [1.29, 1.82) is 0 Å². The van der Waals surface area contributed by atoms with Crippen molar-refractivity contribution in [1.82, 2.24) is 20.0 Å². The third-order valence-corrected chi connectivity index (χ3v) is 5.36. The van der Waals surface area contributed by atoms with Crippen LogP contribution < -0.4 is 24.3 Å². The van der Waals surface area contributed by atoms with E-state index in [-0.39, 0.29) is 19.2 Å². The molecule has 0 saturated heterocycles. The Hall–Kier alpha value is -4.47. The highest BCUT2D eigenvalue weighted by molar-refractivity contribution is 5.76. The van der Waals surface area contributed by atoms with Crippen molar-refractivity contribution in [3.8, 4) is 46.0 Å². The van der Waals surface area contributed by atoms with Gasteiger partial charge in [-0.25, -0.2) is 0 Å². The van der Waals surface area contributed by atoms with Gasteiger partial charge < -0.3 is 33.4 Å². The number of hydrogen-bond donors (Lipinski definition) is 1. The predicted molar refractivity (Wildman–Crippen MR) is 121 cm³/mol. The van der Waals surface area contributed by atoms with E-state index < -0.39 is 0 Å². The molecule has 174 valence electrons. The summed E-state index contributed by atoms with van der Waals surface area (Å²) in [5.74, 6) is 3.12. The molecule has 1 aliphatic rings. The van der Waals surface area contributed by atoms with Gasteiger partial charge in [-0.1, -0.05) is 11.2 Å². The zero-order valence-electron chi connectivity index (χ0n) is 18.6. The van der Waals surface area contributed by atoms with Crippen LogP contribution in [0.1, 0.15) is 5.56 Å². The summed E-state index contributed by atoms with van der Waals surface area (Å²) in [6, 6.07) is 14.6. The summed E-state index contributed by atoms with van der Waals surface area (Å²) < 4.78 is 28.5. The van der Waals surface area contributed by atoms with Crippen LogP contribution in [-0.4, -0.2) is 41.6 Å². The summed E-state index contributed by atoms with van der Waals surface area (Å²) in [6.07, 6.45) is 1.79. The maximum Gasteiger partial charge on any atom is 0.274 e. The first-order valence-corrected chi connectivity index (χ1v) is 10.5. The van der Waals surface area contributed by atoms with Crippen LogP contribution in [0.3, 0.4) is 0 Å². The minimum Gasteiger partial charge on any atom is -0.493 e. The zero-order chi connectivity index (χ0) is 23.5. The van der Waals surface area contributed by atoms with Gasteiger partial charge in [-0.2, -0.15) is 4.98 Å². The van der Waals surface area contributed by atoms with Gasteiger partial charge >= 0.3 is 0 Å². The molecule has 3 heterocycles. The number of carbonyl (C=O) groups excluding carboxylic acids is 1. The average molecular weight is 462 g/mol. The van der Waals surface area contributed by atoms with E-state index in [1.807, 2.05) is 30.3 Å². The van der Waals surface area contributed by atoms with Gasteiger partial charge in [0.25, 0.3) is 5.89 Å². The van der Waals surface area contributed by atoms with Gasteiger partial charge in [-0.05, 0) is 48.0 Å². The van der Waals surface area contributed by atoms with Crippen LogP contribution in [0.2, 0.25) is 0 Å². The number of benzene rings is 2. The lowest BCUT2D eigenvalue weighted by Gasteiger charge is -2.11.